The summed E-state index contributed by atoms with van der Waals surface area (Å²) in [5.74, 6) is 0.621. The maximum absolute atomic E-state index is 13.8. The fraction of sp³-hybridized carbons (Fsp3) is 0.667. The number of aliphatic hydroxyl groups is 3. The van der Waals surface area contributed by atoms with Gasteiger partial charge in [-0.25, -0.2) is 9.36 Å². The molecule has 1 aliphatic carbocycles. The van der Waals surface area contributed by atoms with E-state index in [2.05, 4.69) is 26.1 Å². The van der Waals surface area contributed by atoms with Gasteiger partial charge in [-0.1, -0.05) is 33.3 Å². The van der Waals surface area contributed by atoms with E-state index in [1.807, 2.05) is 0 Å². The molecule has 1 fully saturated rings. The lowest BCUT2D eigenvalue weighted by Crippen LogP contribution is -2.40. The molecule has 0 bridgehead atoms. The van der Waals surface area contributed by atoms with Gasteiger partial charge in [-0.2, -0.15) is 0 Å². The van der Waals surface area contributed by atoms with Gasteiger partial charge >= 0.3 is 5.69 Å². The predicted molar refractivity (Wildman–Crippen MR) is 127 cm³/mol. The smallest absolute Gasteiger partial charge is 0.336 e. The largest absolute Gasteiger partial charge is 0.395 e. The van der Waals surface area contributed by atoms with Crippen LogP contribution >= 0.6 is 0 Å². The summed E-state index contributed by atoms with van der Waals surface area (Å²) in [7, 11) is 0. The van der Waals surface area contributed by atoms with Crippen molar-refractivity contribution >= 4 is 16.9 Å². The first kappa shape index (κ1) is 25.6. The first-order chi connectivity index (χ1) is 15.7. The molecule has 184 valence electrons. The van der Waals surface area contributed by atoms with Gasteiger partial charge in [0.05, 0.1) is 30.3 Å². The Balaban J connectivity index is 2.06. The third-order valence-corrected chi connectivity index (χ3v) is 7.02. The molecule has 9 nitrogen and oxygen atoms in total. The number of nitrogens with one attached hydrogen (secondary N) is 1. The second-order valence-electron chi connectivity index (χ2n) is 9.71. The molecule has 1 aromatic carbocycles. The highest BCUT2D eigenvalue weighted by atomic mass is 16.3. The molecule has 6 N–H and O–H groups in total. The van der Waals surface area contributed by atoms with Crippen molar-refractivity contribution in [2.24, 2.45) is 29.4 Å². The zero-order valence-electron chi connectivity index (χ0n) is 19.8. The maximum Gasteiger partial charge on any atom is 0.336 e. The van der Waals surface area contributed by atoms with Gasteiger partial charge in [0, 0.05) is 19.0 Å². The van der Waals surface area contributed by atoms with E-state index >= 15 is 0 Å². The van der Waals surface area contributed by atoms with E-state index in [9.17, 15) is 24.9 Å². The molecule has 3 rings (SSSR count). The van der Waals surface area contributed by atoms with Crippen LogP contribution in [0.3, 0.4) is 0 Å². The molecule has 0 amide bonds. The summed E-state index contributed by atoms with van der Waals surface area (Å²) >= 11 is 0. The Bertz CT molecular complexity index is 1010. The molecule has 0 spiro atoms. The number of nitrogens with zero attached hydrogens (tertiary/aromatic N) is 2. The standard InChI is InChI=1S/C24H38N4O5/c1-14(2)18-6-4-15(3)10-19(18)23(32)28-20-7-5-16(22(31)26-17(12-29)13-30)11-21(20)27(9-8-25)24(28)33/h5,7,11,14-15,17-19,22,26,29-31H,4,6,8-10,12-13,25H2,1-3H3/t15-,18+,19-,22?/m1/s1. The number of benzene rings is 1. The first-order valence-corrected chi connectivity index (χ1v) is 11.9. The third-order valence-electron chi connectivity index (χ3n) is 7.02. The summed E-state index contributed by atoms with van der Waals surface area (Å²) in [6.45, 7) is 6.22. The van der Waals surface area contributed by atoms with E-state index in [1.165, 1.54) is 9.13 Å². The lowest BCUT2D eigenvalue weighted by atomic mass is 9.69. The second-order valence-corrected chi connectivity index (χ2v) is 9.71. The number of fused-ring (bicyclic) bond motifs is 1. The molecular formula is C24H38N4O5. The van der Waals surface area contributed by atoms with Crippen LogP contribution in [0.1, 0.15) is 56.6 Å². The molecule has 0 radical (unpaired) electrons. The highest BCUT2D eigenvalue weighted by Gasteiger charge is 2.37. The van der Waals surface area contributed by atoms with Crippen LogP contribution in [0.15, 0.2) is 23.0 Å². The number of nitrogens with two attached hydrogens (primary N) is 1. The van der Waals surface area contributed by atoms with Gasteiger partial charge in [0.1, 0.15) is 6.23 Å². The Hall–Kier alpha value is -2.04. The minimum absolute atomic E-state index is 0.168. The maximum atomic E-state index is 13.8. The molecule has 1 unspecified atom stereocenters. The molecule has 33 heavy (non-hydrogen) atoms. The number of hydrogen-bond acceptors (Lipinski definition) is 7. The van der Waals surface area contributed by atoms with Gasteiger partial charge in [0.15, 0.2) is 0 Å². The zero-order chi connectivity index (χ0) is 24.3. The molecule has 0 aliphatic heterocycles. The van der Waals surface area contributed by atoms with Crippen molar-refractivity contribution in [1.82, 2.24) is 14.5 Å². The van der Waals surface area contributed by atoms with E-state index in [0.717, 1.165) is 19.3 Å². The number of rotatable bonds is 9. The topological polar surface area (TPSA) is 143 Å². The summed E-state index contributed by atoms with van der Waals surface area (Å²) in [6, 6.07) is 4.29. The van der Waals surface area contributed by atoms with E-state index < -0.39 is 18.0 Å². The molecular weight excluding hydrogens is 424 g/mol. The molecule has 1 aromatic heterocycles. The van der Waals surface area contributed by atoms with Crippen molar-refractivity contribution in [3.63, 3.8) is 0 Å². The molecule has 9 heteroatoms. The minimum Gasteiger partial charge on any atom is -0.395 e. The Morgan fingerprint density at radius 3 is 2.52 bits per heavy atom. The number of carbonyl (C=O) groups excluding carboxylic acids is 1. The van der Waals surface area contributed by atoms with Crippen LogP contribution in [0.2, 0.25) is 0 Å². The Labute approximate surface area is 194 Å². The molecule has 1 aliphatic rings. The van der Waals surface area contributed by atoms with Gasteiger partial charge in [-0.3, -0.25) is 14.7 Å². The first-order valence-electron chi connectivity index (χ1n) is 11.9. The Kier molecular flexibility index (Phi) is 8.47. The number of hydrogen-bond donors (Lipinski definition) is 5. The number of carbonyl (C=O) groups is 1. The quantitative estimate of drug-likeness (QED) is 0.351. The van der Waals surface area contributed by atoms with Crippen LogP contribution < -0.4 is 16.7 Å². The summed E-state index contributed by atoms with van der Waals surface area (Å²) in [4.78, 5) is 27.1. The monoisotopic (exact) mass is 462 g/mol. The predicted octanol–water partition coefficient (Wildman–Crippen LogP) is 1.04. The van der Waals surface area contributed by atoms with Gasteiger partial charge in [-0.15, -0.1) is 0 Å². The lowest BCUT2D eigenvalue weighted by Gasteiger charge is -2.36. The van der Waals surface area contributed by atoms with Crippen molar-refractivity contribution in [3.8, 4) is 0 Å². The van der Waals surface area contributed by atoms with Crippen LogP contribution in [0.25, 0.3) is 11.0 Å². The van der Waals surface area contributed by atoms with Crippen molar-refractivity contribution in [2.75, 3.05) is 19.8 Å². The average molecular weight is 463 g/mol. The molecule has 2 aromatic rings. The Morgan fingerprint density at radius 1 is 1.21 bits per heavy atom. The highest BCUT2D eigenvalue weighted by Crippen LogP contribution is 2.39. The SMILES string of the molecule is CC(C)[C@@H]1CC[C@@H](C)C[C@H]1C(=O)n1c(=O)n(CCN)c2cc(C(O)NC(CO)CO)ccc21. The van der Waals surface area contributed by atoms with Gasteiger partial charge < -0.3 is 21.1 Å². The van der Waals surface area contributed by atoms with Gasteiger partial charge in [0.2, 0.25) is 5.91 Å². The molecule has 1 heterocycles. The lowest BCUT2D eigenvalue weighted by molar-refractivity contribution is 0.0633. The number of imidazole rings is 1. The fourth-order valence-electron chi connectivity index (χ4n) is 5.14. The minimum atomic E-state index is -1.16. The average Bonchev–Trinajstić information content (AvgIpc) is 3.07. The number of aliphatic hydroxyl groups excluding tert-OH is 3. The zero-order valence-corrected chi connectivity index (χ0v) is 19.8. The summed E-state index contributed by atoms with van der Waals surface area (Å²) < 4.78 is 2.77. The second kappa shape index (κ2) is 10.9. The van der Waals surface area contributed by atoms with Crippen molar-refractivity contribution in [1.29, 1.82) is 0 Å². The Morgan fingerprint density at radius 2 is 1.91 bits per heavy atom. The number of aromatic nitrogens is 2. The van der Waals surface area contributed by atoms with Crippen LogP contribution in [-0.4, -0.2) is 56.2 Å². The van der Waals surface area contributed by atoms with Crippen LogP contribution in [0.4, 0.5) is 0 Å². The van der Waals surface area contributed by atoms with Crippen molar-refractivity contribution < 1.29 is 20.1 Å². The van der Waals surface area contributed by atoms with Crippen LogP contribution in [0, 0.1) is 23.7 Å². The van der Waals surface area contributed by atoms with E-state index in [0.29, 0.717) is 28.4 Å². The summed E-state index contributed by atoms with van der Waals surface area (Å²) in [5.41, 5.74) is 6.82. The van der Waals surface area contributed by atoms with E-state index in [1.54, 1.807) is 18.2 Å². The fourth-order valence-corrected chi connectivity index (χ4v) is 5.14. The van der Waals surface area contributed by atoms with Gasteiger partial charge in [-0.05, 0) is 48.3 Å². The third kappa shape index (κ3) is 5.22. The normalized spacial score (nSPS) is 22.4. The molecule has 0 saturated heterocycles. The van der Waals surface area contributed by atoms with Crippen molar-refractivity contribution in [3.05, 3.63) is 34.2 Å². The van der Waals surface area contributed by atoms with E-state index in [-0.39, 0.29) is 44.0 Å². The van der Waals surface area contributed by atoms with Crippen molar-refractivity contribution in [2.45, 2.75) is 58.8 Å². The highest BCUT2D eigenvalue weighted by molar-refractivity contribution is 5.92. The van der Waals surface area contributed by atoms with Crippen LogP contribution in [-0.2, 0) is 6.54 Å². The van der Waals surface area contributed by atoms with Crippen LogP contribution in [0.5, 0.6) is 0 Å². The molecule has 1 saturated carbocycles. The van der Waals surface area contributed by atoms with Gasteiger partial charge in [0.25, 0.3) is 0 Å². The summed E-state index contributed by atoms with van der Waals surface area (Å²) in [6.07, 6.45) is 1.67. The van der Waals surface area contributed by atoms with E-state index in [4.69, 9.17) is 5.73 Å². The molecule has 4 atom stereocenters. The summed E-state index contributed by atoms with van der Waals surface area (Å²) in [5, 5.41) is 31.8.